The molecular formula is C27H35FN2O. The summed E-state index contributed by atoms with van der Waals surface area (Å²) in [4.78, 5) is 5.19. The van der Waals surface area contributed by atoms with Crippen LogP contribution in [0.25, 0.3) is 0 Å². The van der Waals surface area contributed by atoms with Gasteiger partial charge in [0.05, 0.1) is 6.61 Å². The van der Waals surface area contributed by atoms with E-state index in [1.165, 1.54) is 41.6 Å². The SMILES string of the molecule is CCOCCN1CCN(CC2CC3c4ccccc4Cc4ccc(F)cc4C3C2)CC1. The number of rotatable bonds is 6. The number of ether oxygens (including phenoxy) is 1. The molecule has 2 aromatic rings. The van der Waals surface area contributed by atoms with Gasteiger partial charge in [-0.1, -0.05) is 30.3 Å². The number of hydrogen-bond acceptors (Lipinski definition) is 3. The van der Waals surface area contributed by atoms with E-state index in [2.05, 4.69) is 41.0 Å². The molecule has 1 saturated carbocycles. The Morgan fingerprint density at radius 1 is 0.903 bits per heavy atom. The maximum atomic E-state index is 14.2. The Labute approximate surface area is 186 Å². The van der Waals surface area contributed by atoms with Crippen molar-refractivity contribution in [3.8, 4) is 0 Å². The molecule has 0 bridgehead atoms. The van der Waals surface area contributed by atoms with E-state index in [1.54, 1.807) is 6.07 Å². The molecule has 1 aliphatic heterocycles. The Hall–Kier alpha value is -1.75. The molecule has 3 atom stereocenters. The fourth-order valence-corrected chi connectivity index (χ4v) is 6.21. The first-order chi connectivity index (χ1) is 15.2. The molecule has 2 fully saturated rings. The Morgan fingerprint density at radius 3 is 2.42 bits per heavy atom. The third-order valence-electron chi connectivity index (χ3n) is 7.74. The van der Waals surface area contributed by atoms with Gasteiger partial charge in [-0.2, -0.15) is 0 Å². The van der Waals surface area contributed by atoms with Gasteiger partial charge in [-0.05, 0) is 78.3 Å². The van der Waals surface area contributed by atoms with Crippen molar-refractivity contribution in [2.45, 2.75) is 38.0 Å². The zero-order valence-electron chi connectivity index (χ0n) is 18.7. The standard InChI is InChI=1S/C27H35FN2O/c1-2-31-14-13-29-9-11-30(12-10-29)19-20-15-26-24-6-4-3-5-21(24)17-22-7-8-23(28)18-25(22)27(26)16-20/h3-8,18,20,26-27H,2,9-17,19H2,1H3. The van der Waals surface area contributed by atoms with Crippen LogP contribution in [0.15, 0.2) is 42.5 Å². The van der Waals surface area contributed by atoms with Crippen molar-refractivity contribution in [2.75, 3.05) is 52.5 Å². The van der Waals surface area contributed by atoms with Crippen molar-refractivity contribution in [2.24, 2.45) is 5.92 Å². The smallest absolute Gasteiger partial charge is 0.123 e. The van der Waals surface area contributed by atoms with E-state index in [9.17, 15) is 4.39 Å². The lowest BCUT2D eigenvalue weighted by molar-refractivity contribution is 0.0755. The highest BCUT2D eigenvalue weighted by molar-refractivity contribution is 5.46. The van der Waals surface area contributed by atoms with Crippen LogP contribution in [0.5, 0.6) is 0 Å². The third kappa shape index (κ3) is 4.57. The number of piperazine rings is 1. The molecule has 3 aliphatic rings. The molecule has 2 aromatic carbocycles. The molecule has 5 rings (SSSR count). The highest BCUT2D eigenvalue weighted by atomic mass is 19.1. The number of hydrogen-bond donors (Lipinski definition) is 0. The monoisotopic (exact) mass is 422 g/mol. The second-order valence-corrected chi connectivity index (χ2v) is 9.61. The predicted octanol–water partition coefficient (Wildman–Crippen LogP) is 4.66. The van der Waals surface area contributed by atoms with Crippen LogP contribution in [0, 0.1) is 11.7 Å². The zero-order valence-corrected chi connectivity index (χ0v) is 18.7. The average Bonchev–Trinajstić information content (AvgIpc) is 3.15. The van der Waals surface area contributed by atoms with E-state index in [4.69, 9.17) is 4.74 Å². The lowest BCUT2D eigenvalue weighted by Gasteiger charge is -2.36. The van der Waals surface area contributed by atoms with Crippen molar-refractivity contribution in [1.29, 1.82) is 0 Å². The van der Waals surface area contributed by atoms with Gasteiger partial charge in [0.1, 0.15) is 5.82 Å². The average molecular weight is 423 g/mol. The van der Waals surface area contributed by atoms with Crippen LogP contribution in [0.3, 0.4) is 0 Å². The van der Waals surface area contributed by atoms with Gasteiger partial charge in [0.15, 0.2) is 0 Å². The molecule has 1 saturated heterocycles. The Morgan fingerprint density at radius 2 is 1.61 bits per heavy atom. The lowest BCUT2D eigenvalue weighted by atomic mass is 9.84. The minimum Gasteiger partial charge on any atom is -0.380 e. The maximum absolute atomic E-state index is 14.2. The van der Waals surface area contributed by atoms with Crippen LogP contribution >= 0.6 is 0 Å². The molecular weight excluding hydrogens is 387 g/mol. The van der Waals surface area contributed by atoms with Crippen LogP contribution in [0.4, 0.5) is 4.39 Å². The number of benzene rings is 2. The van der Waals surface area contributed by atoms with E-state index >= 15 is 0 Å². The minimum absolute atomic E-state index is 0.0879. The van der Waals surface area contributed by atoms with Crippen molar-refractivity contribution < 1.29 is 9.13 Å². The second kappa shape index (κ2) is 9.40. The Balaban J connectivity index is 1.28. The fraction of sp³-hybridized carbons (Fsp3) is 0.556. The Kier molecular flexibility index (Phi) is 6.40. The summed E-state index contributed by atoms with van der Waals surface area (Å²) in [5.41, 5.74) is 5.54. The lowest BCUT2D eigenvalue weighted by Crippen LogP contribution is -2.48. The highest BCUT2D eigenvalue weighted by Gasteiger charge is 2.40. The first-order valence-electron chi connectivity index (χ1n) is 12.1. The van der Waals surface area contributed by atoms with Crippen LogP contribution in [0.1, 0.15) is 53.9 Å². The maximum Gasteiger partial charge on any atom is 0.123 e. The van der Waals surface area contributed by atoms with E-state index in [1.807, 2.05) is 12.1 Å². The number of nitrogens with zero attached hydrogens (tertiary/aromatic N) is 2. The molecule has 31 heavy (non-hydrogen) atoms. The summed E-state index contributed by atoms with van der Waals surface area (Å²) < 4.78 is 19.7. The molecule has 166 valence electrons. The quantitative estimate of drug-likeness (QED) is 0.630. The molecule has 0 aromatic heterocycles. The molecule has 0 N–H and O–H groups in total. The number of halogens is 1. The van der Waals surface area contributed by atoms with Crippen molar-refractivity contribution in [1.82, 2.24) is 9.80 Å². The molecule has 3 nitrogen and oxygen atoms in total. The molecule has 4 heteroatoms. The summed E-state index contributed by atoms with van der Waals surface area (Å²) in [7, 11) is 0. The minimum atomic E-state index is -0.0879. The summed E-state index contributed by atoms with van der Waals surface area (Å²) in [6.45, 7) is 10.5. The Bertz CT molecular complexity index is 893. The van der Waals surface area contributed by atoms with E-state index in [0.717, 1.165) is 52.4 Å². The van der Waals surface area contributed by atoms with Gasteiger partial charge in [0.25, 0.3) is 0 Å². The van der Waals surface area contributed by atoms with E-state index in [0.29, 0.717) is 17.8 Å². The van der Waals surface area contributed by atoms with Crippen molar-refractivity contribution in [3.05, 3.63) is 70.5 Å². The summed E-state index contributed by atoms with van der Waals surface area (Å²) in [6, 6.07) is 14.4. The molecule has 2 aliphatic carbocycles. The summed E-state index contributed by atoms with van der Waals surface area (Å²) >= 11 is 0. The molecule has 0 radical (unpaired) electrons. The first kappa shape index (κ1) is 21.1. The van der Waals surface area contributed by atoms with E-state index in [-0.39, 0.29) is 5.82 Å². The summed E-state index contributed by atoms with van der Waals surface area (Å²) in [5, 5.41) is 0. The van der Waals surface area contributed by atoms with Crippen molar-refractivity contribution >= 4 is 0 Å². The normalized spacial score (nSPS) is 26.2. The third-order valence-corrected chi connectivity index (χ3v) is 7.74. The van der Waals surface area contributed by atoms with Gasteiger partial charge in [-0.15, -0.1) is 0 Å². The van der Waals surface area contributed by atoms with Crippen LogP contribution < -0.4 is 0 Å². The molecule has 1 heterocycles. The highest BCUT2D eigenvalue weighted by Crippen LogP contribution is 2.52. The van der Waals surface area contributed by atoms with Gasteiger partial charge in [-0.3, -0.25) is 4.90 Å². The molecule has 0 spiro atoms. The first-order valence-corrected chi connectivity index (χ1v) is 12.1. The van der Waals surface area contributed by atoms with Crippen LogP contribution in [0.2, 0.25) is 0 Å². The van der Waals surface area contributed by atoms with Gasteiger partial charge < -0.3 is 9.64 Å². The predicted molar refractivity (Wildman–Crippen MR) is 123 cm³/mol. The van der Waals surface area contributed by atoms with Gasteiger partial charge in [-0.25, -0.2) is 4.39 Å². The van der Waals surface area contributed by atoms with Gasteiger partial charge in [0.2, 0.25) is 0 Å². The summed E-state index contributed by atoms with van der Waals surface area (Å²) in [6.07, 6.45) is 3.34. The van der Waals surface area contributed by atoms with Crippen LogP contribution in [-0.2, 0) is 11.2 Å². The molecule has 3 unspecified atom stereocenters. The summed E-state index contributed by atoms with van der Waals surface area (Å²) in [5.74, 6) is 1.57. The topological polar surface area (TPSA) is 15.7 Å². The van der Waals surface area contributed by atoms with Gasteiger partial charge in [0, 0.05) is 45.9 Å². The van der Waals surface area contributed by atoms with E-state index < -0.39 is 0 Å². The molecule has 0 amide bonds. The second-order valence-electron chi connectivity index (χ2n) is 9.61. The zero-order chi connectivity index (χ0) is 21.2. The number of fused-ring (bicyclic) bond motifs is 5. The van der Waals surface area contributed by atoms with Crippen molar-refractivity contribution in [3.63, 3.8) is 0 Å². The fourth-order valence-electron chi connectivity index (χ4n) is 6.21. The van der Waals surface area contributed by atoms with Gasteiger partial charge >= 0.3 is 0 Å². The van der Waals surface area contributed by atoms with Crippen LogP contribution in [-0.4, -0.2) is 62.3 Å². The largest absolute Gasteiger partial charge is 0.380 e.